The van der Waals surface area contributed by atoms with Crippen LogP contribution in [0.2, 0.25) is 5.02 Å². The van der Waals surface area contributed by atoms with Crippen LogP contribution in [0.4, 0.5) is 0 Å². The normalized spacial score (nSPS) is 11.7. The SMILES string of the molecule is COc1ccc(OC(C)c2nnc(SCC(=O)NCc3ccc(Cl)cc3)n2C)cc1. The molecule has 0 bridgehead atoms. The fourth-order valence-corrected chi connectivity index (χ4v) is 3.57. The molecule has 0 spiro atoms. The second-order valence-electron chi connectivity index (χ2n) is 6.53. The van der Waals surface area contributed by atoms with Gasteiger partial charge in [-0.1, -0.05) is 35.5 Å². The highest BCUT2D eigenvalue weighted by molar-refractivity contribution is 7.99. The Balaban J connectivity index is 1.51. The van der Waals surface area contributed by atoms with E-state index in [2.05, 4.69) is 15.5 Å². The molecule has 0 aliphatic carbocycles. The summed E-state index contributed by atoms with van der Waals surface area (Å²) in [6, 6.07) is 14.7. The van der Waals surface area contributed by atoms with Crippen LogP contribution < -0.4 is 14.8 Å². The van der Waals surface area contributed by atoms with E-state index in [0.717, 1.165) is 11.3 Å². The van der Waals surface area contributed by atoms with E-state index < -0.39 is 0 Å². The van der Waals surface area contributed by atoms with Gasteiger partial charge in [-0.25, -0.2) is 0 Å². The first-order chi connectivity index (χ1) is 14.5. The van der Waals surface area contributed by atoms with Gasteiger partial charge in [0.05, 0.1) is 12.9 Å². The molecule has 3 rings (SSSR count). The number of thioether (sulfide) groups is 1. The van der Waals surface area contributed by atoms with Crippen molar-refractivity contribution in [2.45, 2.75) is 24.7 Å². The minimum absolute atomic E-state index is 0.0815. The molecule has 1 amide bonds. The van der Waals surface area contributed by atoms with Crippen LogP contribution in [-0.4, -0.2) is 33.5 Å². The first-order valence-corrected chi connectivity index (χ1v) is 10.7. The van der Waals surface area contributed by atoms with Gasteiger partial charge < -0.3 is 19.4 Å². The van der Waals surface area contributed by atoms with Gasteiger partial charge in [0.25, 0.3) is 0 Å². The van der Waals surface area contributed by atoms with E-state index in [4.69, 9.17) is 21.1 Å². The van der Waals surface area contributed by atoms with Gasteiger partial charge in [-0.05, 0) is 48.9 Å². The van der Waals surface area contributed by atoms with E-state index in [1.54, 1.807) is 19.2 Å². The number of nitrogens with one attached hydrogen (secondary N) is 1. The average molecular weight is 447 g/mol. The fourth-order valence-electron chi connectivity index (χ4n) is 2.70. The predicted octanol–water partition coefficient (Wildman–Crippen LogP) is 4.03. The van der Waals surface area contributed by atoms with Crippen LogP contribution >= 0.6 is 23.4 Å². The fraction of sp³-hybridized carbons (Fsp3) is 0.286. The number of hydrogen-bond acceptors (Lipinski definition) is 6. The maximum atomic E-state index is 12.2. The molecule has 30 heavy (non-hydrogen) atoms. The van der Waals surface area contributed by atoms with Gasteiger partial charge in [-0.2, -0.15) is 0 Å². The van der Waals surface area contributed by atoms with Crippen molar-refractivity contribution in [3.8, 4) is 11.5 Å². The minimum atomic E-state index is -0.302. The molecule has 1 heterocycles. The van der Waals surface area contributed by atoms with Gasteiger partial charge in [0, 0.05) is 18.6 Å². The number of halogens is 1. The number of carbonyl (C=O) groups excluding carboxylic acids is 1. The van der Waals surface area contributed by atoms with Gasteiger partial charge in [0.2, 0.25) is 5.91 Å². The van der Waals surface area contributed by atoms with E-state index in [1.165, 1.54) is 11.8 Å². The molecule has 7 nitrogen and oxygen atoms in total. The third kappa shape index (κ3) is 5.90. The lowest BCUT2D eigenvalue weighted by Crippen LogP contribution is -2.24. The molecule has 0 saturated carbocycles. The monoisotopic (exact) mass is 446 g/mol. The van der Waals surface area contributed by atoms with Crippen LogP contribution in [0.1, 0.15) is 24.4 Å². The molecular formula is C21H23ClN4O3S. The Morgan fingerprint density at radius 2 is 1.80 bits per heavy atom. The van der Waals surface area contributed by atoms with E-state index in [1.807, 2.05) is 54.9 Å². The molecule has 1 N–H and O–H groups in total. The van der Waals surface area contributed by atoms with Crippen molar-refractivity contribution in [2.75, 3.05) is 12.9 Å². The highest BCUT2D eigenvalue weighted by Crippen LogP contribution is 2.25. The molecule has 0 aliphatic rings. The van der Waals surface area contributed by atoms with Gasteiger partial charge in [-0.15, -0.1) is 10.2 Å². The quantitative estimate of drug-likeness (QED) is 0.500. The van der Waals surface area contributed by atoms with Crippen LogP contribution in [-0.2, 0) is 18.4 Å². The van der Waals surface area contributed by atoms with Crippen LogP contribution in [0, 0.1) is 0 Å². The number of aromatic nitrogens is 3. The predicted molar refractivity (Wildman–Crippen MR) is 117 cm³/mol. The Kier molecular flexibility index (Phi) is 7.59. The van der Waals surface area contributed by atoms with Crippen molar-refractivity contribution < 1.29 is 14.3 Å². The van der Waals surface area contributed by atoms with E-state index in [0.29, 0.717) is 28.3 Å². The van der Waals surface area contributed by atoms with E-state index in [9.17, 15) is 4.79 Å². The molecular weight excluding hydrogens is 424 g/mol. The molecule has 0 aliphatic heterocycles. The van der Waals surface area contributed by atoms with Crippen LogP contribution in [0.5, 0.6) is 11.5 Å². The highest BCUT2D eigenvalue weighted by Gasteiger charge is 2.18. The maximum absolute atomic E-state index is 12.2. The van der Waals surface area contributed by atoms with Crippen LogP contribution in [0.3, 0.4) is 0 Å². The topological polar surface area (TPSA) is 78.3 Å². The largest absolute Gasteiger partial charge is 0.497 e. The van der Waals surface area contributed by atoms with Crippen molar-refractivity contribution in [1.82, 2.24) is 20.1 Å². The van der Waals surface area contributed by atoms with Crippen LogP contribution in [0.15, 0.2) is 53.7 Å². The van der Waals surface area contributed by atoms with Gasteiger partial charge in [0.1, 0.15) is 11.5 Å². The molecule has 0 saturated heterocycles. The number of nitrogens with zero attached hydrogens (tertiary/aromatic N) is 3. The second-order valence-corrected chi connectivity index (χ2v) is 7.91. The van der Waals surface area contributed by atoms with Crippen molar-refractivity contribution >= 4 is 29.3 Å². The van der Waals surface area contributed by atoms with Gasteiger partial charge >= 0.3 is 0 Å². The zero-order valence-electron chi connectivity index (χ0n) is 17.0. The third-order valence-electron chi connectivity index (χ3n) is 4.34. The summed E-state index contributed by atoms with van der Waals surface area (Å²) in [7, 11) is 3.48. The molecule has 9 heteroatoms. The van der Waals surface area contributed by atoms with Crippen molar-refractivity contribution in [3.05, 3.63) is 64.9 Å². The Hall–Kier alpha value is -2.71. The Labute approximate surface area is 184 Å². The molecule has 158 valence electrons. The molecule has 1 aromatic heterocycles. The average Bonchev–Trinajstić information content (AvgIpc) is 3.13. The first-order valence-electron chi connectivity index (χ1n) is 9.30. The number of benzene rings is 2. The third-order valence-corrected chi connectivity index (χ3v) is 5.61. The summed E-state index contributed by atoms with van der Waals surface area (Å²) in [5.74, 6) is 2.31. The zero-order valence-corrected chi connectivity index (χ0v) is 18.5. The summed E-state index contributed by atoms with van der Waals surface area (Å²) in [6.45, 7) is 2.36. The molecule has 1 unspecified atom stereocenters. The number of hydrogen-bond donors (Lipinski definition) is 1. The number of ether oxygens (including phenoxy) is 2. The number of methoxy groups -OCH3 is 1. The summed E-state index contributed by atoms with van der Waals surface area (Å²) in [5, 5.41) is 12.6. The minimum Gasteiger partial charge on any atom is -0.497 e. The lowest BCUT2D eigenvalue weighted by Gasteiger charge is -2.14. The molecule has 2 aromatic carbocycles. The molecule has 0 radical (unpaired) electrons. The summed E-state index contributed by atoms with van der Waals surface area (Å²) >= 11 is 7.19. The summed E-state index contributed by atoms with van der Waals surface area (Å²) in [4.78, 5) is 12.2. The summed E-state index contributed by atoms with van der Waals surface area (Å²) < 4.78 is 12.9. The Morgan fingerprint density at radius 3 is 2.47 bits per heavy atom. The van der Waals surface area contributed by atoms with Crippen molar-refractivity contribution in [2.24, 2.45) is 7.05 Å². The Bertz CT molecular complexity index is 977. The lowest BCUT2D eigenvalue weighted by molar-refractivity contribution is -0.118. The van der Waals surface area contributed by atoms with Crippen LogP contribution in [0.25, 0.3) is 0 Å². The highest BCUT2D eigenvalue weighted by atomic mass is 35.5. The first kappa shape index (κ1) is 22.0. The molecule has 1 atom stereocenters. The number of rotatable bonds is 9. The summed E-state index contributed by atoms with van der Waals surface area (Å²) in [5.41, 5.74) is 0.989. The van der Waals surface area contributed by atoms with Crippen molar-refractivity contribution in [1.29, 1.82) is 0 Å². The lowest BCUT2D eigenvalue weighted by atomic mass is 10.2. The van der Waals surface area contributed by atoms with E-state index >= 15 is 0 Å². The smallest absolute Gasteiger partial charge is 0.230 e. The van der Waals surface area contributed by atoms with Crippen molar-refractivity contribution in [3.63, 3.8) is 0 Å². The maximum Gasteiger partial charge on any atom is 0.230 e. The molecule has 0 fully saturated rings. The van der Waals surface area contributed by atoms with Gasteiger partial charge in [-0.3, -0.25) is 4.79 Å². The van der Waals surface area contributed by atoms with E-state index in [-0.39, 0.29) is 17.8 Å². The zero-order chi connectivity index (χ0) is 21.5. The summed E-state index contributed by atoms with van der Waals surface area (Å²) in [6.07, 6.45) is -0.302. The standard InChI is InChI=1S/C21H23ClN4O3S/c1-14(29-18-10-8-17(28-3)9-11-18)20-24-25-21(26(20)2)30-13-19(27)23-12-15-4-6-16(22)7-5-15/h4-11,14H,12-13H2,1-3H3,(H,23,27). The molecule has 3 aromatic rings. The Morgan fingerprint density at radius 1 is 1.13 bits per heavy atom. The number of amides is 1. The second kappa shape index (κ2) is 10.4. The van der Waals surface area contributed by atoms with Gasteiger partial charge in [0.15, 0.2) is 17.1 Å². The number of carbonyl (C=O) groups is 1.